The third-order valence-electron chi connectivity index (χ3n) is 2.93. The van der Waals surface area contributed by atoms with Gasteiger partial charge in [-0.2, -0.15) is 0 Å². The molecule has 5 heteroatoms. The van der Waals surface area contributed by atoms with Crippen LogP contribution in [0.2, 0.25) is 0 Å². The molecule has 1 fully saturated rings. The molecule has 3 nitrogen and oxygen atoms in total. The van der Waals surface area contributed by atoms with E-state index in [4.69, 9.17) is 27.9 Å². The SMILES string of the molecule is C=C[C@H](CCC)C(Cl)(Cl)C(=O)N1CCOCC1. The van der Waals surface area contributed by atoms with Crippen molar-refractivity contribution in [2.45, 2.75) is 24.1 Å². The molecule has 1 aliphatic rings. The average Bonchev–Trinajstić information content (AvgIpc) is 2.35. The summed E-state index contributed by atoms with van der Waals surface area (Å²) in [7, 11) is 0. The number of morpholine rings is 1. The van der Waals surface area contributed by atoms with Gasteiger partial charge in [0.15, 0.2) is 0 Å². The Morgan fingerprint density at radius 2 is 2.12 bits per heavy atom. The van der Waals surface area contributed by atoms with Gasteiger partial charge in [-0.15, -0.1) is 6.58 Å². The smallest absolute Gasteiger partial charge is 0.259 e. The van der Waals surface area contributed by atoms with Gasteiger partial charge in [0.25, 0.3) is 5.91 Å². The van der Waals surface area contributed by atoms with Gasteiger partial charge in [0.05, 0.1) is 13.2 Å². The Labute approximate surface area is 113 Å². The van der Waals surface area contributed by atoms with Crippen molar-refractivity contribution >= 4 is 29.1 Å². The van der Waals surface area contributed by atoms with Gasteiger partial charge in [-0.25, -0.2) is 0 Å². The molecule has 1 rings (SSSR count). The van der Waals surface area contributed by atoms with Crippen LogP contribution in [-0.4, -0.2) is 41.4 Å². The average molecular weight is 280 g/mol. The van der Waals surface area contributed by atoms with E-state index in [0.29, 0.717) is 26.3 Å². The van der Waals surface area contributed by atoms with Crippen molar-refractivity contribution in [3.63, 3.8) is 0 Å². The number of hydrogen-bond acceptors (Lipinski definition) is 2. The molecule has 0 aromatic rings. The Morgan fingerprint density at radius 3 is 2.59 bits per heavy atom. The van der Waals surface area contributed by atoms with Crippen LogP contribution in [0.4, 0.5) is 0 Å². The van der Waals surface area contributed by atoms with Crippen LogP contribution in [0.15, 0.2) is 12.7 Å². The quantitative estimate of drug-likeness (QED) is 0.572. The number of allylic oxidation sites excluding steroid dienone is 1. The first kappa shape index (κ1) is 14.8. The Bertz CT molecular complexity index is 276. The van der Waals surface area contributed by atoms with Gasteiger partial charge in [0.2, 0.25) is 4.33 Å². The molecule has 0 saturated carbocycles. The van der Waals surface area contributed by atoms with Crippen LogP contribution in [-0.2, 0) is 9.53 Å². The number of alkyl halides is 2. The van der Waals surface area contributed by atoms with E-state index in [9.17, 15) is 4.79 Å². The highest BCUT2D eigenvalue weighted by Crippen LogP contribution is 2.36. The fourth-order valence-corrected chi connectivity index (χ4v) is 2.53. The highest BCUT2D eigenvalue weighted by atomic mass is 35.5. The molecule has 0 aromatic heterocycles. The first-order valence-electron chi connectivity index (χ1n) is 5.91. The van der Waals surface area contributed by atoms with E-state index in [1.54, 1.807) is 11.0 Å². The van der Waals surface area contributed by atoms with Crippen LogP contribution in [0.25, 0.3) is 0 Å². The Balaban J connectivity index is 2.72. The minimum Gasteiger partial charge on any atom is -0.378 e. The minimum absolute atomic E-state index is 0.217. The molecule has 0 spiro atoms. The number of hydrogen-bond donors (Lipinski definition) is 0. The van der Waals surface area contributed by atoms with Crippen molar-refractivity contribution in [1.29, 1.82) is 0 Å². The molecule has 0 radical (unpaired) electrons. The summed E-state index contributed by atoms with van der Waals surface area (Å²) in [5.74, 6) is -0.450. The number of ether oxygens (including phenoxy) is 1. The maximum Gasteiger partial charge on any atom is 0.259 e. The van der Waals surface area contributed by atoms with Crippen molar-refractivity contribution in [2.75, 3.05) is 26.3 Å². The number of nitrogens with zero attached hydrogens (tertiary/aromatic N) is 1. The number of halogens is 2. The van der Waals surface area contributed by atoms with E-state index < -0.39 is 4.33 Å². The third-order valence-corrected chi connectivity index (χ3v) is 3.82. The summed E-state index contributed by atoms with van der Waals surface area (Å²) >= 11 is 12.5. The zero-order valence-corrected chi connectivity index (χ0v) is 11.6. The zero-order valence-electron chi connectivity index (χ0n) is 10.1. The molecular formula is C12H19Cl2NO2. The topological polar surface area (TPSA) is 29.5 Å². The summed E-state index contributed by atoms with van der Waals surface area (Å²) in [5, 5.41) is 0. The fraction of sp³-hybridized carbons (Fsp3) is 0.750. The molecule has 98 valence electrons. The first-order chi connectivity index (χ1) is 8.04. The first-order valence-corrected chi connectivity index (χ1v) is 6.67. The standard InChI is InChI=1S/C12H19Cl2NO2/c1-3-5-10(4-2)12(13,14)11(16)15-6-8-17-9-7-15/h4,10H,2-3,5-9H2,1H3/t10-/m1/s1. The van der Waals surface area contributed by atoms with Gasteiger partial charge in [-0.1, -0.05) is 42.6 Å². The molecule has 0 unspecified atom stereocenters. The maximum absolute atomic E-state index is 12.3. The van der Waals surface area contributed by atoms with E-state index in [0.717, 1.165) is 12.8 Å². The number of carbonyl (C=O) groups is 1. The van der Waals surface area contributed by atoms with Crippen molar-refractivity contribution in [1.82, 2.24) is 4.90 Å². The van der Waals surface area contributed by atoms with E-state index in [1.807, 2.05) is 6.92 Å². The summed E-state index contributed by atoms with van der Waals surface area (Å²) in [6, 6.07) is 0. The van der Waals surface area contributed by atoms with Gasteiger partial charge >= 0.3 is 0 Å². The molecule has 0 aromatic carbocycles. The molecule has 1 atom stereocenters. The normalized spacial score (nSPS) is 18.9. The van der Waals surface area contributed by atoms with E-state index in [2.05, 4.69) is 6.58 Å². The van der Waals surface area contributed by atoms with E-state index in [-0.39, 0.29) is 11.8 Å². The monoisotopic (exact) mass is 279 g/mol. The lowest BCUT2D eigenvalue weighted by Crippen LogP contribution is -2.50. The molecule has 1 heterocycles. The number of carbonyl (C=O) groups excluding carboxylic acids is 1. The van der Waals surface area contributed by atoms with Gasteiger partial charge in [-0.3, -0.25) is 4.79 Å². The molecule has 0 aliphatic carbocycles. The molecular weight excluding hydrogens is 261 g/mol. The lowest BCUT2D eigenvalue weighted by Gasteiger charge is -2.34. The molecule has 0 N–H and O–H groups in total. The number of amides is 1. The minimum atomic E-state index is -1.41. The largest absolute Gasteiger partial charge is 0.378 e. The van der Waals surface area contributed by atoms with Crippen molar-refractivity contribution in [3.05, 3.63) is 12.7 Å². The van der Waals surface area contributed by atoms with Gasteiger partial charge in [0, 0.05) is 19.0 Å². The van der Waals surface area contributed by atoms with Crippen molar-refractivity contribution < 1.29 is 9.53 Å². The van der Waals surface area contributed by atoms with Crippen LogP contribution in [0, 0.1) is 5.92 Å². The fourth-order valence-electron chi connectivity index (χ4n) is 1.89. The van der Waals surface area contributed by atoms with Gasteiger partial charge < -0.3 is 9.64 Å². The summed E-state index contributed by atoms with van der Waals surface area (Å²) in [6.07, 6.45) is 3.34. The highest BCUT2D eigenvalue weighted by molar-refractivity contribution is 6.58. The van der Waals surface area contributed by atoms with Crippen LogP contribution < -0.4 is 0 Å². The van der Waals surface area contributed by atoms with E-state index in [1.165, 1.54) is 0 Å². The predicted molar refractivity (Wildman–Crippen MR) is 70.4 cm³/mol. The van der Waals surface area contributed by atoms with E-state index >= 15 is 0 Å². The molecule has 17 heavy (non-hydrogen) atoms. The third kappa shape index (κ3) is 3.60. The molecule has 1 saturated heterocycles. The van der Waals surface area contributed by atoms with Crippen molar-refractivity contribution in [3.8, 4) is 0 Å². The maximum atomic E-state index is 12.3. The molecule has 1 amide bonds. The zero-order chi connectivity index (χ0) is 12.9. The summed E-state index contributed by atoms with van der Waals surface area (Å²) < 4.78 is 3.79. The highest BCUT2D eigenvalue weighted by Gasteiger charge is 2.43. The molecule has 0 bridgehead atoms. The summed E-state index contributed by atoms with van der Waals surface area (Å²) in [6.45, 7) is 7.93. The number of rotatable bonds is 5. The summed E-state index contributed by atoms with van der Waals surface area (Å²) in [4.78, 5) is 13.9. The van der Waals surface area contributed by atoms with Crippen LogP contribution >= 0.6 is 23.2 Å². The predicted octanol–water partition coefficient (Wildman–Crippen LogP) is 2.62. The summed E-state index contributed by atoms with van der Waals surface area (Å²) in [5.41, 5.74) is 0. The second-order valence-electron chi connectivity index (χ2n) is 4.16. The van der Waals surface area contributed by atoms with Crippen molar-refractivity contribution in [2.24, 2.45) is 5.92 Å². The Morgan fingerprint density at radius 1 is 1.53 bits per heavy atom. The van der Waals surface area contributed by atoms with Gasteiger partial charge in [-0.05, 0) is 6.42 Å². The van der Waals surface area contributed by atoms with Crippen LogP contribution in [0.3, 0.4) is 0 Å². The lowest BCUT2D eigenvalue weighted by atomic mass is 9.98. The Kier molecular flexibility index (Phi) is 5.77. The second kappa shape index (κ2) is 6.62. The van der Waals surface area contributed by atoms with Crippen LogP contribution in [0.1, 0.15) is 19.8 Å². The second-order valence-corrected chi connectivity index (χ2v) is 5.54. The van der Waals surface area contributed by atoms with Crippen LogP contribution in [0.5, 0.6) is 0 Å². The lowest BCUT2D eigenvalue weighted by molar-refractivity contribution is -0.136. The molecule has 1 aliphatic heterocycles. The Hall–Kier alpha value is -0.250. The van der Waals surface area contributed by atoms with Gasteiger partial charge in [0.1, 0.15) is 0 Å².